The highest BCUT2D eigenvalue weighted by Crippen LogP contribution is 2.44. The molecule has 4 heterocycles. The predicted molar refractivity (Wildman–Crippen MR) is 106 cm³/mol. The number of nitrogens with zero attached hydrogens (tertiary/aromatic N) is 1. The molecule has 0 aliphatic carbocycles. The molecule has 1 aromatic rings. The van der Waals surface area contributed by atoms with Crippen LogP contribution in [0.1, 0.15) is 33.0 Å². The number of sulfonamides is 1. The molecule has 2 N–H and O–H groups in total. The van der Waals surface area contributed by atoms with Gasteiger partial charge in [-0.1, -0.05) is 0 Å². The Morgan fingerprint density at radius 2 is 2.18 bits per heavy atom. The molecule has 2 saturated heterocycles. The average Bonchev–Trinajstić information content (AvgIpc) is 3.13. The third-order valence-electron chi connectivity index (χ3n) is 5.67. The average molecular weight is 430 g/mol. The Balaban J connectivity index is 1.41. The molecule has 10 heteroatoms. The zero-order chi connectivity index (χ0) is 19.8. The lowest BCUT2D eigenvalue weighted by Gasteiger charge is -2.40. The third kappa shape index (κ3) is 4.12. The number of hydrogen-bond acceptors (Lipinski definition) is 7. The van der Waals surface area contributed by atoms with Crippen molar-refractivity contribution < 1.29 is 22.7 Å². The second-order valence-corrected chi connectivity index (χ2v) is 10.7. The highest BCUT2D eigenvalue weighted by atomic mass is 32.2. The summed E-state index contributed by atoms with van der Waals surface area (Å²) in [5.41, 5.74) is 0.977. The molecule has 2 fully saturated rings. The molecule has 8 nitrogen and oxygen atoms in total. The predicted octanol–water partition coefficient (Wildman–Crippen LogP) is 0.290. The van der Waals surface area contributed by atoms with Crippen LogP contribution in [0.2, 0.25) is 0 Å². The minimum atomic E-state index is -3.24. The first-order valence-corrected chi connectivity index (χ1v) is 12.4. The Hall–Kier alpha value is -1.04. The first kappa shape index (κ1) is 20.2. The molecular weight excluding hydrogens is 402 g/mol. The first-order valence-electron chi connectivity index (χ1n) is 9.70. The third-order valence-corrected chi connectivity index (χ3v) is 8.30. The normalized spacial score (nSPS) is 25.4. The zero-order valence-corrected chi connectivity index (χ0v) is 17.7. The number of ether oxygens (including phenoxy) is 2. The lowest BCUT2D eigenvalue weighted by atomic mass is 9.86. The molecule has 3 aliphatic heterocycles. The van der Waals surface area contributed by atoms with E-state index in [0.717, 1.165) is 32.4 Å². The Labute approximate surface area is 169 Å². The van der Waals surface area contributed by atoms with Crippen molar-refractivity contribution in [2.75, 3.05) is 52.2 Å². The summed E-state index contributed by atoms with van der Waals surface area (Å²) in [7, 11) is -3.24. The zero-order valence-electron chi connectivity index (χ0n) is 16.0. The number of hydrogen-bond donors (Lipinski definition) is 2. The van der Waals surface area contributed by atoms with Gasteiger partial charge >= 0.3 is 0 Å². The van der Waals surface area contributed by atoms with E-state index in [1.54, 1.807) is 0 Å². The van der Waals surface area contributed by atoms with E-state index in [0.29, 0.717) is 31.2 Å². The molecule has 0 bridgehead atoms. The lowest BCUT2D eigenvalue weighted by molar-refractivity contribution is -0.0771. The van der Waals surface area contributed by atoms with Crippen LogP contribution < -0.4 is 10.6 Å². The quantitative estimate of drug-likeness (QED) is 0.714. The van der Waals surface area contributed by atoms with Crippen LogP contribution in [-0.2, 0) is 31.5 Å². The molecular formula is C18H27N3O5S2. The molecule has 3 aliphatic rings. The van der Waals surface area contributed by atoms with Crippen LogP contribution in [0.4, 0.5) is 0 Å². The van der Waals surface area contributed by atoms with E-state index in [1.807, 2.05) is 6.07 Å². The van der Waals surface area contributed by atoms with Crippen LogP contribution in [-0.4, -0.2) is 76.9 Å². The van der Waals surface area contributed by atoms with Crippen LogP contribution in [0, 0.1) is 0 Å². The molecule has 1 amide bonds. The van der Waals surface area contributed by atoms with Crippen LogP contribution >= 0.6 is 11.3 Å². The molecule has 1 atom stereocenters. The highest BCUT2D eigenvalue weighted by Gasteiger charge is 2.41. The van der Waals surface area contributed by atoms with Gasteiger partial charge in [0.2, 0.25) is 10.0 Å². The molecule has 0 radical (unpaired) electrons. The van der Waals surface area contributed by atoms with Gasteiger partial charge in [0.25, 0.3) is 5.91 Å². The van der Waals surface area contributed by atoms with E-state index in [4.69, 9.17) is 9.47 Å². The largest absolute Gasteiger partial charge is 0.374 e. The minimum absolute atomic E-state index is 0.136. The number of carbonyl (C=O) groups is 1. The van der Waals surface area contributed by atoms with E-state index in [9.17, 15) is 13.2 Å². The molecule has 0 saturated carbocycles. The van der Waals surface area contributed by atoms with E-state index >= 15 is 0 Å². The minimum Gasteiger partial charge on any atom is -0.374 e. The number of fused-ring (bicyclic) bond motifs is 2. The van der Waals surface area contributed by atoms with Crippen molar-refractivity contribution >= 4 is 27.3 Å². The van der Waals surface area contributed by atoms with Crippen molar-refractivity contribution in [3.05, 3.63) is 21.4 Å². The van der Waals surface area contributed by atoms with Crippen molar-refractivity contribution in [1.29, 1.82) is 0 Å². The summed E-state index contributed by atoms with van der Waals surface area (Å²) in [4.78, 5) is 14.6. The lowest BCUT2D eigenvalue weighted by Crippen LogP contribution is -2.49. The topological polar surface area (TPSA) is 97.0 Å². The highest BCUT2D eigenvalue weighted by molar-refractivity contribution is 7.88. The van der Waals surface area contributed by atoms with Crippen molar-refractivity contribution in [2.45, 2.75) is 31.0 Å². The van der Waals surface area contributed by atoms with Crippen LogP contribution in [0.5, 0.6) is 0 Å². The number of amides is 1. The van der Waals surface area contributed by atoms with Gasteiger partial charge in [0.15, 0.2) is 0 Å². The second kappa shape index (κ2) is 8.00. The molecule has 28 heavy (non-hydrogen) atoms. The Kier molecular flexibility index (Phi) is 5.78. The van der Waals surface area contributed by atoms with E-state index < -0.39 is 10.0 Å². The van der Waals surface area contributed by atoms with E-state index in [2.05, 4.69) is 10.6 Å². The van der Waals surface area contributed by atoms with Crippen molar-refractivity contribution in [3.63, 3.8) is 0 Å². The monoisotopic (exact) mass is 429 g/mol. The second-order valence-electron chi connectivity index (χ2n) is 7.63. The maximum absolute atomic E-state index is 12.7. The van der Waals surface area contributed by atoms with Gasteiger partial charge in [-0.25, -0.2) is 8.42 Å². The number of thiophene rings is 1. The maximum Gasteiger partial charge on any atom is 0.261 e. The van der Waals surface area contributed by atoms with E-state index in [1.165, 1.54) is 32.3 Å². The fourth-order valence-electron chi connectivity index (χ4n) is 4.15. The summed E-state index contributed by atoms with van der Waals surface area (Å²) in [5.74, 6) is -0.136. The van der Waals surface area contributed by atoms with Gasteiger partial charge < -0.3 is 20.1 Å². The Morgan fingerprint density at radius 1 is 1.39 bits per heavy atom. The summed E-state index contributed by atoms with van der Waals surface area (Å²) in [6, 6.07) is 1.99. The van der Waals surface area contributed by atoms with Gasteiger partial charge in [-0.3, -0.25) is 4.79 Å². The van der Waals surface area contributed by atoms with Gasteiger partial charge in [0.05, 0.1) is 30.5 Å². The number of nitrogens with one attached hydrogen (secondary N) is 2. The molecule has 156 valence electrons. The summed E-state index contributed by atoms with van der Waals surface area (Å²) in [6.45, 7) is 3.81. The van der Waals surface area contributed by atoms with Crippen molar-refractivity contribution in [1.82, 2.24) is 14.9 Å². The number of carbonyl (C=O) groups excluding carboxylic acids is 1. The van der Waals surface area contributed by atoms with Crippen LogP contribution in [0.15, 0.2) is 6.07 Å². The van der Waals surface area contributed by atoms with Gasteiger partial charge in [0, 0.05) is 24.5 Å². The van der Waals surface area contributed by atoms with Gasteiger partial charge in [-0.2, -0.15) is 4.31 Å². The first-order chi connectivity index (χ1) is 13.4. The van der Waals surface area contributed by atoms with Gasteiger partial charge in [-0.15, -0.1) is 11.3 Å². The molecule has 1 spiro atoms. The number of rotatable bonds is 4. The fraction of sp³-hybridized carbons (Fsp3) is 0.722. The van der Waals surface area contributed by atoms with Gasteiger partial charge in [-0.05, 0) is 44.0 Å². The Morgan fingerprint density at radius 3 is 2.93 bits per heavy atom. The molecule has 1 aromatic heterocycles. The summed E-state index contributed by atoms with van der Waals surface area (Å²) >= 11 is 1.53. The van der Waals surface area contributed by atoms with Crippen molar-refractivity contribution in [3.8, 4) is 0 Å². The molecule has 0 aromatic carbocycles. The summed E-state index contributed by atoms with van der Waals surface area (Å²) in [6.07, 6.45) is 3.56. The summed E-state index contributed by atoms with van der Waals surface area (Å²) < 4.78 is 36.6. The van der Waals surface area contributed by atoms with Crippen molar-refractivity contribution in [2.24, 2.45) is 0 Å². The van der Waals surface area contributed by atoms with Crippen LogP contribution in [0.25, 0.3) is 0 Å². The molecule has 1 unspecified atom stereocenters. The smallest absolute Gasteiger partial charge is 0.261 e. The molecule has 4 rings (SSSR count). The fourth-order valence-corrected chi connectivity index (χ4v) is 6.32. The SMILES string of the molecule is CS(=O)(=O)N1CCOC(CNC(=O)c2cc3c(s2)C2(CCNCC2)OCC3)C1. The van der Waals surface area contributed by atoms with Crippen LogP contribution in [0.3, 0.4) is 0 Å². The standard InChI is InChI=1S/C18H27N3O5S2/c1-28(23,24)21-7-9-25-14(12-21)11-20-17(22)15-10-13-2-8-26-18(16(13)27-15)3-5-19-6-4-18/h10,14,19H,2-9,11-12H2,1H3,(H,20,22). The Bertz CT molecular complexity index is 832. The summed E-state index contributed by atoms with van der Waals surface area (Å²) in [5, 5.41) is 6.29. The van der Waals surface area contributed by atoms with E-state index in [-0.39, 0.29) is 24.2 Å². The number of morpholine rings is 1. The van der Waals surface area contributed by atoms with Gasteiger partial charge in [0.1, 0.15) is 5.60 Å². The maximum atomic E-state index is 12.7. The number of piperidine rings is 1.